The molecule has 1 aliphatic carbocycles. The van der Waals surface area contributed by atoms with Crippen molar-refractivity contribution in [2.45, 2.75) is 69.9 Å². The number of allylic oxidation sites excluding steroid dienone is 1. The highest BCUT2D eigenvalue weighted by atomic mass is 32.2. The fraction of sp³-hybridized carbons (Fsp3) is 0.481. The Morgan fingerprint density at radius 3 is 2.12 bits per heavy atom. The first-order chi connectivity index (χ1) is 15.4. The highest BCUT2D eigenvalue weighted by Gasteiger charge is 2.43. The van der Waals surface area contributed by atoms with Crippen LogP contribution in [0.25, 0.3) is 0 Å². The van der Waals surface area contributed by atoms with Gasteiger partial charge in [-0.2, -0.15) is 0 Å². The van der Waals surface area contributed by atoms with E-state index in [9.17, 15) is 8.42 Å². The molecule has 0 amide bonds. The molecule has 0 bridgehead atoms. The first-order valence-electron chi connectivity index (χ1n) is 11.7. The summed E-state index contributed by atoms with van der Waals surface area (Å²) < 4.78 is 39.8. The van der Waals surface area contributed by atoms with Crippen LogP contribution in [0.2, 0.25) is 18.1 Å². The van der Waals surface area contributed by atoms with Crippen molar-refractivity contribution < 1.29 is 17.6 Å². The lowest BCUT2D eigenvalue weighted by molar-refractivity contribution is 0.0314. The molecule has 2 aromatic rings. The molecule has 1 aliphatic rings. The first kappa shape index (κ1) is 25.9. The molecule has 4 nitrogen and oxygen atoms in total. The van der Waals surface area contributed by atoms with Crippen LogP contribution < -0.4 is 0 Å². The third-order valence-electron chi connectivity index (χ3n) is 6.98. The molecule has 0 aliphatic heterocycles. The maximum atomic E-state index is 13.5. The maximum Gasteiger partial charge on any atom is 0.202 e. The number of hydrogen-bond acceptors (Lipinski definition) is 4. The summed E-state index contributed by atoms with van der Waals surface area (Å²) in [6, 6.07) is 18.8. The summed E-state index contributed by atoms with van der Waals surface area (Å²) in [7, 11) is -5.69. The molecule has 6 heteroatoms. The molecule has 2 aromatic carbocycles. The van der Waals surface area contributed by atoms with Gasteiger partial charge in [-0.05, 0) is 54.2 Å². The zero-order valence-electron chi connectivity index (χ0n) is 20.7. The Kier molecular flexibility index (Phi) is 8.05. The van der Waals surface area contributed by atoms with Gasteiger partial charge in [-0.1, -0.05) is 76.2 Å². The van der Waals surface area contributed by atoms with E-state index in [1.165, 1.54) is 0 Å². The molecule has 0 saturated heterocycles. The molecule has 3 rings (SSSR count). The van der Waals surface area contributed by atoms with Crippen LogP contribution in [-0.4, -0.2) is 29.4 Å². The van der Waals surface area contributed by atoms with Gasteiger partial charge in [0, 0.05) is 5.92 Å². The highest BCUT2D eigenvalue weighted by Crippen LogP contribution is 2.42. The van der Waals surface area contributed by atoms with Gasteiger partial charge < -0.3 is 9.16 Å². The molecule has 3 atom stereocenters. The Balaban J connectivity index is 1.88. The van der Waals surface area contributed by atoms with Crippen molar-refractivity contribution in [3.8, 4) is 0 Å². The SMILES string of the molecule is C[C@@H]1C[C@H](COCc2ccccc2)[C@@H](O[Si](C)(C)C(C)(C)C)C=C1S(=O)(=O)c1ccccc1. The third-order valence-corrected chi connectivity index (χ3v) is 13.5. The molecule has 0 aromatic heterocycles. The van der Waals surface area contributed by atoms with Crippen LogP contribution in [0, 0.1) is 11.8 Å². The van der Waals surface area contributed by atoms with Crippen molar-refractivity contribution in [3.05, 3.63) is 77.2 Å². The molecule has 0 radical (unpaired) electrons. The van der Waals surface area contributed by atoms with Gasteiger partial charge >= 0.3 is 0 Å². The van der Waals surface area contributed by atoms with Gasteiger partial charge in [0.25, 0.3) is 0 Å². The molecule has 0 saturated carbocycles. The highest BCUT2D eigenvalue weighted by molar-refractivity contribution is 7.95. The van der Waals surface area contributed by atoms with Crippen molar-refractivity contribution in [2.75, 3.05) is 6.61 Å². The second-order valence-corrected chi connectivity index (χ2v) is 17.3. The maximum absolute atomic E-state index is 13.5. The van der Waals surface area contributed by atoms with Crippen molar-refractivity contribution in [1.82, 2.24) is 0 Å². The van der Waals surface area contributed by atoms with Crippen molar-refractivity contribution in [3.63, 3.8) is 0 Å². The number of ether oxygens (including phenoxy) is 1. The Hall–Kier alpha value is -1.73. The largest absolute Gasteiger partial charge is 0.410 e. The molecule has 0 heterocycles. The van der Waals surface area contributed by atoms with E-state index >= 15 is 0 Å². The standard InChI is InChI=1S/C27H38O4SSi/c1-21-17-23(20-30-19-22-13-9-7-10-14-22)25(31-33(5,6)27(2,3)4)18-26(21)32(28,29)24-15-11-8-12-16-24/h7-16,18,21,23,25H,17,19-20H2,1-6H3/t21-,23-,25+/m1/s1. The van der Waals surface area contributed by atoms with E-state index in [0.29, 0.717) is 29.4 Å². The molecule has 33 heavy (non-hydrogen) atoms. The van der Waals surface area contributed by atoms with Gasteiger partial charge in [-0.15, -0.1) is 0 Å². The molecular formula is C27H38O4SSi. The van der Waals surface area contributed by atoms with Crippen LogP contribution in [-0.2, 0) is 25.6 Å². The van der Waals surface area contributed by atoms with E-state index < -0.39 is 18.2 Å². The second kappa shape index (κ2) is 10.3. The quantitative estimate of drug-likeness (QED) is 0.394. The van der Waals surface area contributed by atoms with Gasteiger partial charge in [-0.3, -0.25) is 0 Å². The monoisotopic (exact) mass is 486 g/mol. The molecule has 180 valence electrons. The van der Waals surface area contributed by atoms with Gasteiger partial charge in [-0.25, -0.2) is 8.42 Å². The van der Waals surface area contributed by atoms with Crippen LogP contribution in [0.15, 0.2) is 76.5 Å². The van der Waals surface area contributed by atoms with Gasteiger partial charge in [0.15, 0.2) is 8.32 Å². The lowest BCUT2D eigenvalue weighted by Gasteiger charge is -2.43. The van der Waals surface area contributed by atoms with Crippen molar-refractivity contribution >= 4 is 18.2 Å². The zero-order valence-corrected chi connectivity index (χ0v) is 22.6. The predicted molar refractivity (Wildman–Crippen MR) is 137 cm³/mol. The number of sulfone groups is 1. The first-order valence-corrected chi connectivity index (χ1v) is 16.1. The fourth-order valence-electron chi connectivity index (χ4n) is 3.97. The van der Waals surface area contributed by atoms with E-state index in [-0.39, 0.29) is 23.0 Å². The lowest BCUT2D eigenvalue weighted by Crippen LogP contribution is -2.47. The summed E-state index contributed by atoms with van der Waals surface area (Å²) in [5.74, 6) is 0.00681. The summed E-state index contributed by atoms with van der Waals surface area (Å²) in [6.07, 6.45) is 2.31. The molecule has 0 spiro atoms. The number of benzene rings is 2. The molecular weight excluding hydrogens is 448 g/mol. The Morgan fingerprint density at radius 1 is 0.970 bits per heavy atom. The minimum atomic E-state index is -3.57. The molecule has 0 fully saturated rings. The average molecular weight is 487 g/mol. The third kappa shape index (κ3) is 6.24. The number of rotatable bonds is 8. The van der Waals surface area contributed by atoms with E-state index in [4.69, 9.17) is 9.16 Å². The summed E-state index contributed by atoms with van der Waals surface area (Å²) in [6.45, 7) is 14.1. The van der Waals surface area contributed by atoms with Crippen molar-refractivity contribution in [2.24, 2.45) is 11.8 Å². The summed E-state index contributed by atoms with van der Waals surface area (Å²) in [5.41, 5.74) is 1.13. The molecule has 0 N–H and O–H groups in total. The van der Waals surface area contributed by atoms with Crippen LogP contribution in [0.5, 0.6) is 0 Å². The Morgan fingerprint density at radius 2 is 1.55 bits per heavy atom. The summed E-state index contributed by atoms with van der Waals surface area (Å²) in [4.78, 5) is 0.810. The van der Waals surface area contributed by atoms with E-state index in [0.717, 1.165) is 5.56 Å². The van der Waals surface area contributed by atoms with Crippen LogP contribution in [0.4, 0.5) is 0 Å². The second-order valence-electron chi connectivity index (χ2n) is 10.6. The predicted octanol–water partition coefficient (Wildman–Crippen LogP) is 6.61. The van der Waals surface area contributed by atoms with E-state index in [2.05, 4.69) is 46.0 Å². The minimum Gasteiger partial charge on any atom is -0.410 e. The lowest BCUT2D eigenvalue weighted by atomic mass is 9.86. The minimum absolute atomic E-state index is 0.0256. The fourth-order valence-corrected chi connectivity index (χ4v) is 6.99. The average Bonchev–Trinajstić information content (AvgIpc) is 2.75. The van der Waals surface area contributed by atoms with Crippen LogP contribution >= 0.6 is 0 Å². The Labute approximate surface area is 201 Å². The van der Waals surface area contributed by atoms with Crippen molar-refractivity contribution in [1.29, 1.82) is 0 Å². The van der Waals surface area contributed by atoms with Crippen LogP contribution in [0.3, 0.4) is 0 Å². The number of hydrogen-bond donors (Lipinski definition) is 0. The van der Waals surface area contributed by atoms with Crippen LogP contribution in [0.1, 0.15) is 39.7 Å². The zero-order chi connectivity index (χ0) is 24.3. The summed E-state index contributed by atoms with van der Waals surface area (Å²) >= 11 is 0. The normalized spacial score (nSPS) is 22.1. The Bertz CT molecular complexity index is 1040. The topological polar surface area (TPSA) is 52.6 Å². The van der Waals surface area contributed by atoms with E-state index in [1.54, 1.807) is 24.3 Å². The molecule has 0 unspecified atom stereocenters. The summed E-state index contributed by atoms with van der Waals surface area (Å²) in [5, 5.41) is 0.0256. The van der Waals surface area contributed by atoms with Gasteiger partial charge in [0.05, 0.1) is 29.1 Å². The van der Waals surface area contributed by atoms with Gasteiger partial charge in [0.1, 0.15) is 0 Å². The smallest absolute Gasteiger partial charge is 0.202 e. The van der Waals surface area contributed by atoms with Gasteiger partial charge in [0.2, 0.25) is 9.84 Å². The van der Waals surface area contributed by atoms with E-state index in [1.807, 2.05) is 37.3 Å².